The van der Waals surface area contributed by atoms with Crippen LogP contribution in [-0.2, 0) is 135 Å². The fourth-order valence-corrected chi connectivity index (χ4v) is 13.1. The van der Waals surface area contributed by atoms with Crippen molar-refractivity contribution in [3.05, 3.63) is 133 Å². The molecule has 5 aliphatic rings. The van der Waals surface area contributed by atoms with E-state index >= 15 is 8.78 Å². The summed E-state index contributed by atoms with van der Waals surface area (Å²) in [7, 11) is 1.61. The lowest BCUT2D eigenvalue weighted by molar-refractivity contribution is -0.172. The summed E-state index contributed by atoms with van der Waals surface area (Å²) >= 11 is 0. The van der Waals surface area contributed by atoms with Crippen LogP contribution in [-0.4, -0.2) is 232 Å². The first-order valence-electron chi connectivity index (χ1n) is 37.2. The number of aromatic nitrogens is 2. The molecule has 0 unspecified atom stereocenters. The Morgan fingerprint density at radius 2 is 1.26 bits per heavy atom. The molecule has 5 heterocycles. The van der Waals surface area contributed by atoms with Crippen LogP contribution >= 0.6 is 0 Å². The van der Waals surface area contributed by atoms with Crippen molar-refractivity contribution in [3.63, 3.8) is 0 Å². The van der Waals surface area contributed by atoms with Crippen LogP contribution in [0.25, 0.3) is 22.3 Å². The number of rotatable bonds is 49. The molecule has 112 heavy (non-hydrogen) atoms. The summed E-state index contributed by atoms with van der Waals surface area (Å²) in [5.74, 6) is -9.64. The molecule has 2 aromatic heterocycles. The van der Waals surface area contributed by atoms with Crippen LogP contribution in [0.2, 0.25) is 0 Å². The van der Waals surface area contributed by atoms with Gasteiger partial charge >= 0.3 is 5.97 Å². The molecule has 0 spiro atoms. The van der Waals surface area contributed by atoms with Crippen LogP contribution in [0, 0.1) is 17.6 Å². The Kier molecular flexibility index (Phi) is 31.6. The molecule has 10 rings (SSSR count). The van der Waals surface area contributed by atoms with Gasteiger partial charge in [0, 0.05) is 73.8 Å². The fraction of sp³-hybridized carbons (Fsp3) is 0.506. The van der Waals surface area contributed by atoms with Crippen molar-refractivity contribution in [1.82, 2.24) is 46.8 Å². The topological polar surface area (TPSA) is 415 Å². The van der Waals surface area contributed by atoms with Gasteiger partial charge in [0.2, 0.25) is 35.4 Å². The van der Waals surface area contributed by atoms with Crippen LogP contribution in [0.5, 0.6) is 5.75 Å². The van der Waals surface area contributed by atoms with E-state index in [-0.39, 0.29) is 107 Å². The van der Waals surface area contributed by atoms with Gasteiger partial charge in [-0.2, -0.15) is 0 Å². The first-order valence-corrected chi connectivity index (χ1v) is 37.2. The van der Waals surface area contributed by atoms with E-state index in [1.807, 2.05) is 0 Å². The molecule has 3 atom stereocenters. The van der Waals surface area contributed by atoms with Crippen molar-refractivity contribution in [1.29, 1.82) is 0 Å². The fourth-order valence-electron chi connectivity index (χ4n) is 13.1. The number of ether oxygens (including phenoxy) is 11. The van der Waals surface area contributed by atoms with Gasteiger partial charge in [-0.1, -0.05) is 37.3 Å². The molecular formula is C77H94F2N10O23. The molecular weight excluding hydrogens is 1470 g/mol. The van der Waals surface area contributed by atoms with Crippen LogP contribution < -0.4 is 52.4 Å². The third-order valence-corrected chi connectivity index (χ3v) is 19.0. The average molecular weight is 1570 g/mol. The highest BCUT2D eigenvalue weighted by Gasteiger charge is 2.46. The minimum absolute atomic E-state index is 0.0275. The number of methoxy groups -OCH3 is 1. The Labute approximate surface area is 643 Å². The second kappa shape index (κ2) is 42.0. The Morgan fingerprint density at radius 1 is 0.652 bits per heavy atom. The molecule has 2 aliphatic carbocycles. The molecule has 8 N–H and O–H groups in total. The summed E-state index contributed by atoms with van der Waals surface area (Å²) < 4.78 is 93.1. The predicted molar refractivity (Wildman–Crippen MR) is 393 cm³/mol. The van der Waals surface area contributed by atoms with Crippen molar-refractivity contribution in [2.45, 2.75) is 102 Å². The average Bonchev–Trinajstić information content (AvgIpc) is 1.54. The summed E-state index contributed by atoms with van der Waals surface area (Å²) in [5.41, 5.74) is 1.21. The standard InChI is InChI=1S/C77H94F2N10O23/c1-3-77(101)56-38-61-69-54(44-88(61)75(99)55(56)45-111-76(77)100)53(68-51-12-7-11-50(51)57(78)39-59(68)87-69)40-83-74(98)70(48-14-15-48)112-46-85-64(92)42-84-73(97)60(35-47-9-5-4-6-10-47)86-65(93)43-82-63(91)41-81-62(90)13-8-19-110-71-52(36-49(37-58(71)79)89-66(94)16-17-67(89)95)72(96)80-18-20-103-23-24-105-27-28-107-31-32-109-34-33-108-30-29-106-26-25-104-22-21-102-2/h4-6,9-10,16-17,36-39,48,60,70,101H,3,7-8,11-15,18-35,40-46H2,1-2H3,(H,80,96)(H,81,90)(H,82,91)(H,83,98)(H,84,97)(H,85,92)(H,86,93)/t60-,70+,77-/m0/s1. The van der Waals surface area contributed by atoms with E-state index in [0.29, 0.717) is 161 Å². The maximum atomic E-state index is 15.8. The maximum absolute atomic E-state index is 15.8. The molecule has 604 valence electrons. The first-order chi connectivity index (χ1) is 54.3. The largest absolute Gasteiger partial charge is 0.490 e. The van der Waals surface area contributed by atoms with E-state index in [0.717, 1.165) is 29.8 Å². The number of pyridine rings is 2. The number of nitrogens with zero attached hydrogens (tertiary/aromatic N) is 3. The zero-order valence-electron chi connectivity index (χ0n) is 62.4. The summed E-state index contributed by atoms with van der Waals surface area (Å²) in [6.45, 7) is 4.15. The highest BCUT2D eigenvalue weighted by atomic mass is 19.1. The molecule has 9 amide bonds. The number of carbonyl (C=O) groups is 10. The predicted octanol–water partition coefficient (Wildman–Crippen LogP) is 1.19. The molecule has 33 nitrogen and oxygen atoms in total. The highest BCUT2D eigenvalue weighted by Crippen LogP contribution is 2.43. The number of nitrogens with one attached hydrogen (secondary N) is 7. The number of cyclic esters (lactones) is 1. The summed E-state index contributed by atoms with van der Waals surface area (Å²) in [6, 6.07) is 12.3. The Morgan fingerprint density at radius 3 is 1.90 bits per heavy atom. The number of carbonyl (C=O) groups excluding carboxylic acids is 10. The van der Waals surface area contributed by atoms with Crippen LogP contribution in [0.1, 0.15) is 94.8 Å². The maximum Gasteiger partial charge on any atom is 0.343 e. The number of esters is 1. The summed E-state index contributed by atoms with van der Waals surface area (Å²) in [5, 5.41) is 30.1. The minimum atomic E-state index is -2.08. The van der Waals surface area contributed by atoms with Crippen molar-refractivity contribution in [3.8, 4) is 17.1 Å². The van der Waals surface area contributed by atoms with Gasteiger partial charge in [-0.05, 0) is 85.3 Å². The van der Waals surface area contributed by atoms with E-state index in [1.54, 1.807) is 50.4 Å². The van der Waals surface area contributed by atoms with Gasteiger partial charge in [0.05, 0.1) is 166 Å². The van der Waals surface area contributed by atoms with E-state index in [2.05, 4.69) is 37.2 Å². The number of hydrogen-bond donors (Lipinski definition) is 8. The van der Waals surface area contributed by atoms with Crippen molar-refractivity contribution < 1.29 is 114 Å². The minimum Gasteiger partial charge on any atom is -0.490 e. The number of halogens is 2. The van der Waals surface area contributed by atoms with Gasteiger partial charge < -0.3 is 99.0 Å². The van der Waals surface area contributed by atoms with Gasteiger partial charge in [-0.3, -0.25) is 47.9 Å². The summed E-state index contributed by atoms with van der Waals surface area (Å²) in [4.78, 5) is 151. The third kappa shape index (κ3) is 22.8. The van der Waals surface area contributed by atoms with Gasteiger partial charge in [-0.15, -0.1) is 0 Å². The lowest BCUT2D eigenvalue weighted by Crippen LogP contribution is -2.52. The zero-order chi connectivity index (χ0) is 79.5. The van der Waals surface area contributed by atoms with Gasteiger partial charge in [0.25, 0.3) is 23.3 Å². The Hall–Kier alpha value is -10.1. The number of fused-ring (bicyclic) bond motifs is 7. The van der Waals surface area contributed by atoms with E-state index in [9.17, 15) is 57.8 Å². The second-order valence-electron chi connectivity index (χ2n) is 26.7. The van der Waals surface area contributed by atoms with Crippen molar-refractivity contribution in [2.24, 2.45) is 5.92 Å². The number of aryl methyl sites for hydroxylation is 1. The number of hydrogen-bond acceptors (Lipinski definition) is 24. The van der Waals surface area contributed by atoms with Gasteiger partial charge in [0.15, 0.2) is 17.2 Å². The van der Waals surface area contributed by atoms with Crippen molar-refractivity contribution >= 4 is 75.7 Å². The number of anilines is 1. The van der Waals surface area contributed by atoms with Crippen LogP contribution in [0.15, 0.2) is 71.5 Å². The number of amides is 9. The zero-order valence-corrected chi connectivity index (χ0v) is 62.4. The van der Waals surface area contributed by atoms with Crippen molar-refractivity contribution in [2.75, 3.05) is 151 Å². The number of aliphatic hydroxyl groups is 1. The van der Waals surface area contributed by atoms with E-state index in [4.69, 9.17) is 57.1 Å². The first kappa shape index (κ1) is 84.4. The SMILES string of the molecule is CC[C@@]1(O)C(=O)OCc2c1cc1n(c2=O)Cc2c-1nc1cc(F)c3c(c1c2CNC(=O)[C@H](OCNC(=O)CNC(=O)[C@H](Cc1ccccc1)NC(=O)CNC(=O)CNC(=O)CCCOc1c(F)cc(N2C(=O)C=CC2=O)cc1C(=O)NCCOCCOCCOCCOCCOCCOCCOCCOC)C1CC1)CCC3. The molecule has 0 radical (unpaired) electrons. The smallest absolute Gasteiger partial charge is 0.343 e. The van der Waals surface area contributed by atoms with Crippen LogP contribution in [0.4, 0.5) is 14.5 Å². The molecule has 0 bridgehead atoms. The molecule has 3 aromatic carbocycles. The lowest BCUT2D eigenvalue weighted by Gasteiger charge is -2.31. The van der Waals surface area contributed by atoms with Gasteiger partial charge in [0.1, 0.15) is 31.3 Å². The van der Waals surface area contributed by atoms with E-state index in [1.165, 1.54) is 10.6 Å². The Bertz CT molecular complexity index is 4300. The second-order valence-corrected chi connectivity index (χ2v) is 26.7. The Balaban J connectivity index is 0.622. The quantitative estimate of drug-likeness (QED) is 0.0115. The van der Waals surface area contributed by atoms with Crippen LogP contribution in [0.3, 0.4) is 0 Å². The highest BCUT2D eigenvalue weighted by molar-refractivity contribution is 6.28. The molecule has 1 saturated carbocycles. The van der Waals surface area contributed by atoms with Gasteiger partial charge in [-0.25, -0.2) is 23.5 Å². The monoisotopic (exact) mass is 1560 g/mol. The molecule has 1 fully saturated rings. The normalized spacial score (nSPS) is 15.8. The molecule has 0 saturated heterocycles. The number of imide groups is 1. The molecule has 35 heteroatoms. The number of benzene rings is 3. The molecule has 5 aromatic rings. The third-order valence-electron chi connectivity index (χ3n) is 19.0. The van der Waals surface area contributed by atoms with E-state index < -0.39 is 126 Å². The molecule has 3 aliphatic heterocycles. The lowest BCUT2D eigenvalue weighted by atomic mass is 9.86. The summed E-state index contributed by atoms with van der Waals surface area (Å²) in [6.07, 6.45) is 3.64.